The molecule has 6 atom stereocenters. The Morgan fingerprint density at radius 1 is 1.20 bits per heavy atom. The number of aliphatic hydroxyl groups is 2. The highest BCUT2D eigenvalue weighted by atomic mass is 16.3. The fraction of sp³-hybridized carbons (Fsp3) is 0.714. The zero-order valence-electron chi connectivity index (χ0n) is 15.1. The number of Topliss-reactive ketones (excluding diaryl/α,β-unsaturated/α-hetero) is 1. The summed E-state index contributed by atoms with van der Waals surface area (Å²) >= 11 is 0. The smallest absolute Gasteiger partial charge is 0.219 e. The Kier molecular flexibility index (Phi) is 3.77. The van der Waals surface area contributed by atoms with Gasteiger partial charge in [0.2, 0.25) is 5.78 Å². The van der Waals surface area contributed by atoms with E-state index in [1.807, 2.05) is 0 Å². The van der Waals surface area contributed by atoms with E-state index in [1.54, 1.807) is 12.2 Å². The molecule has 4 heteroatoms. The number of hydrogen-bond donors (Lipinski definition) is 2. The first-order chi connectivity index (χ1) is 11.8. The van der Waals surface area contributed by atoms with Gasteiger partial charge in [-0.15, -0.1) is 0 Å². The van der Waals surface area contributed by atoms with Gasteiger partial charge in [0.1, 0.15) is 6.61 Å². The maximum Gasteiger partial charge on any atom is 0.219 e. The molecule has 3 fully saturated rings. The second-order valence-corrected chi connectivity index (χ2v) is 9.06. The standard InChI is InChI=1S/C21H28O4/c1-20-8-7-15-13(14(20)5-6-16(20)19(25)11-22)4-3-12-9-17(23)18(24)10-21(12,15)2/h9-10,13-16,22,24H,3-8,11H2,1-2H3/t13?,14?,15?,16-,20+,21+/m1/s1. The molecular weight excluding hydrogens is 316 g/mol. The SMILES string of the molecule is C[C@]12C=C(O)C(=O)C=C1CCC1C2CC[C@@]2(C)C1CC[C@@H]2C(=O)CO. The molecule has 0 aromatic carbocycles. The van der Waals surface area contributed by atoms with E-state index in [-0.39, 0.29) is 40.7 Å². The number of carbonyl (C=O) groups excluding carboxylic acids is 2. The quantitative estimate of drug-likeness (QED) is 0.805. The summed E-state index contributed by atoms with van der Waals surface area (Å²) in [5.74, 6) is 1.06. The topological polar surface area (TPSA) is 74.6 Å². The highest BCUT2D eigenvalue weighted by molar-refractivity contribution is 6.04. The predicted molar refractivity (Wildman–Crippen MR) is 93.8 cm³/mol. The van der Waals surface area contributed by atoms with Crippen LogP contribution in [0.1, 0.15) is 52.4 Å². The van der Waals surface area contributed by atoms with E-state index >= 15 is 0 Å². The molecule has 4 aliphatic rings. The molecule has 0 amide bonds. The Balaban J connectivity index is 1.68. The molecule has 0 radical (unpaired) electrons. The van der Waals surface area contributed by atoms with Crippen molar-refractivity contribution in [3.63, 3.8) is 0 Å². The molecule has 0 spiro atoms. The first kappa shape index (κ1) is 17.0. The van der Waals surface area contributed by atoms with Crippen LogP contribution >= 0.6 is 0 Å². The van der Waals surface area contributed by atoms with E-state index in [0.717, 1.165) is 38.5 Å². The molecule has 3 saturated carbocycles. The van der Waals surface area contributed by atoms with Crippen LogP contribution in [0, 0.1) is 34.5 Å². The van der Waals surface area contributed by atoms with E-state index in [0.29, 0.717) is 17.8 Å². The van der Waals surface area contributed by atoms with Crippen LogP contribution in [0.5, 0.6) is 0 Å². The largest absolute Gasteiger partial charge is 0.504 e. The number of hydrogen-bond acceptors (Lipinski definition) is 4. The monoisotopic (exact) mass is 344 g/mol. The Hall–Kier alpha value is -1.42. The summed E-state index contributed by atoms with van der Waals surface area (Å²) in [6.07, 6.45) is 9.37. The van der Waals surface area contributed by atoms with Crippen LogP contribution in [0.3, 0.4) is 0 Å². The lowest BCUT2D eigenvalue weighted by Gasteiger charge is -2.56. The summed E-state index contributed by atoms with van der Waals surface area (Å²) in [7, 11) is 0. The van der Waals surface area contributed by atoms with Gasteiger partial charge in [0, 0.05) is 11.3 Å². The third kappa shape index (κ3) is 2.22. The third-order valence-corrected chi connectivity index (χ3v) is 8.19. The van der Waals surface area contributed by atoms with Crippen molar-refractivity contribution in [3.8, 4) is 0 Å². The summed E-state index contributed by atoms with van der Waals surface area (Å²) in [6, 6.07) is 0. The van der Waals surface area contributed by atoms with Gasteiger partial charge in [0.15, 0.2) is 11.5 Å². The van der Waals surface area contributed by atoms with Crippen molar-refractivity contribution < 1.29 is 19.8 Å². The van der Waals surface area contributed by atoms with Crippen LogP contribution in [0.4, 0.5) is 0 Å². The van der Waals surface area contributed by atoms with Crippen LogP contribution in [0.2, 0.25) is 0 Å². The molecule has 4 rings (SSSR count). The van der Waals surface area contributed by atoms with Gasteiger partial charge in [0.05, 0.1) is 0 Å². The Morgan fingerprint density at radius 2 is 1.96 bits per heavy atom. The van der Waals surface area contributed by atoms with Crippen molar-refractivity contribution >= 4 is 11.6 Å². The van der Waals surface area contributed by atoms with Crippen molar-refractivity contribution in [1.82, 2.24) is 0 Å². The van der Waals surface area contributed by atoms with Crippen molar-refractivity contribution in [2.24, 2.45) is 34.5 Å². The van der Waals surface area contributed by atoms with Crippen molar-refractivity contribution in [2.75, 3.05) is 6.61 Å². The van der Waals surface area contributed by atoms with Crippen molar-refractivity contribution in [2.45, 2.75) is 52.4 Å². The van der Waals surface area contributed by atoms with E-state index in [2.05, 4.69) is 13.8 Å². The summed E-state index contributed by atoms with van der Waals surface area (Å²) in [5.41, 5.74) is 0.928. The van der Waals surface area contributed by atoms with E-state index in [9.17, 15) is 19.8 Å². The Bertz CT molecular complexity index is 690. The van der Waals surface area contributed by atoms with Gasteiger partial charge in [-0.3, -0.25) is 9.59 Å². The molecule has 0 aromatic heterocycles. The second kappa shape index (κ2) is 5.54. The van der Waals surface area contributed by atoms with Gasteiger partial charge in [-0.05, 0) is 73.8 Å². The van der Waals surface area contributed by atoms with Crippen LogP contribution in [0.25, 0.3) is 0 Å². The fourth-order valence-corrected chi connectivity index (χ4v) is 6.92. The average Bonchev–Trinajstić information content (AvgIpc) is 2.93. The fourth-order valence-electron chi connectivity index (χ4n) is 6.92. The van der Waals surface area contributed by atoms with Crippen LogP contribution in [-0.4, -0.2) is 28.4 Å². The highest BCUT2D eigenvalue weighted by Crippen LogP contribution is 2.66. The van der Waals surface area contributed by atoms with E-state index in [1.165, 1.54) is 5.57 Å². The van der Waals surface area contributed by atoms with Gasteiger partial charge in [0.25, 0.3) is 0 Å². The molecule has 136 valence electrons. The molecule has 0 aliphatic heterocycles. The van der Waals surface area contributed by atoms with Gasteiger partial charge < -0.3 is 10.2 Å². The molecule has 2 N–H and O–H groups in total. The number of allylic oxidation sites excluding steroid dienone is 3. The third-order valence-electron chi connectivity index (χ3n) is 8.19. The van der Waals surface area contributed by atoms with Gasteiger partial charge in [-0.1, -0.05) is 19.4 Å². The normalized spacial score (nSPS) is 45.8. The first-order valence-electron chi connectivity index (χ1n) is 9.62. The zero-order valence-corrected chi connectivity index (χ0v) is 15.1. The second-order valence-electron chi connectivity index (χ2n) is 9.06. The van der Waals surface area contributed by atoms with Gasteiger partial charge in [-0.2, -0.15) is 0 Å². The van der Waals surface area contributed by atoms with Crippen LogP contribution in [-0.2, 0) is 9.59 Å². The molecule has 0 heterocycles. The maximum absolute atomic E-state index is 12.3. The van der Waals surface area contributed by atoms with Crippen molar-refractivity contribution in [3.05, 3.63) is 23.5 Å². The average molecular weight is 344 g/mol. The number of ketones is 2. The molecule has 0 aromatic rings. The van der Waals surface area contributed by atoms with Gasteiger partial charge >= 0.3 is 0 Å². The highest BCUT2D eigenvalue weighted by Gasteiger charge is 2.59. The molecule has 0 saturated heterocycles. The first-order valence-corrected chi connectivity index (χ1v) is 9.62. The minimum absolute atomic E-state index is 0.00516. The molecule has 25 heavy (non-hydrogen) atoms. The summed E-state index contributed by atoms with van der Waals surface area (Å²) in [6.45, 7) is 4.08. The summed E-state index contributed by atoms with van der Waals surface area (Å²) in [5, 5.41) is 19.4. The summed E-state index contributed by atoms with van der Waals surface area (Å²) < 4.78 is 0. The Labute approximate surface area is 149 Å². The predicted octanol–water partition coefficient (Wildman–Crippen LogP) is 3.36. The van der Waals surface area contributed by atoms with Crippen molar-refractivity contribution in [1.29, 1.82) is 0 Å². The molecule has 4 nitrogen and oxygen atoms in total. The zero-order chi connectivity index (χ0) is 18.0. The number of rotatable bonds is 2. The minimum Gasteiger partial charge on any atom is -0.504 e. The maximum atomic E-state index is 12.3. The number of carbonyl (C=O) groups is 2. The van der Waals surface area contributed by atoms with Crippen LogP contribution < -0.4 is 0 Å². The molecule has 0 bridgehead atoms. The lowest BCUT2D eigenvalue weighted by atomic mass is 9.47. The minimum atomic E-state index is -0.343. The van der Waals surface area contributed by atoms with Crippen LogP contribution in [0.15, 0.2) is 23.5 Å². The molecule has 4 aliphatic carbocycles. The lowest BCUT2D eigenvalue weighted by molar-refractivity contribution is -0.132. The Morgan fingerprint density at radius 3 is 2.68 bits per heavy atom. The van der Waals surface area contributed by atoms with E-state index < -0.39 is 0 Å². The molecular formula is C21H28O4. The van der Waals surface area contributed by atoms with Gasteiger partial charge in [-0.25, -0.2) is 0 Å². The summed E-state index contributed by atoms with van der Waals surface area (Å²) in [4.78, 5) is 24.1. The van der Waals surface area contributed by atoms with E-state index in [4.69, 9.17) is 0 Å². The number of fused-ring (bicyclic) bond motifs is 5. The molecule has 3 unspecified atom stereocenters. The lowest BCUT2D eigenvalue weighted by Crippen LogP contribution is -2.50. The number of aliphatic hydroxyl groups excluding tert-OH is 2.